The molecule has 1 aromatic carbocycles. The number of likely N-dealkylation sites (N-methyl/N-ethyl adjacent to an activating group) is 1. The van der Waals surface area contributed by atoms with Crippen molar-refractivity contribution in [3.63, 3.8) is 0 Å². The summed E-state index contributed by atoms with van der Waals surface area (Å²) >= 11 is 0. The summed E-state index contributed by atoms with van der Waals surface area (Å²) in [5.41, 5.74) is 1.44. The highest BCUT2D eigenvalue weighted by Crippen LogP contribution is 2.22. The third-order valence-electron chi connectivity index (χ3n) is 2.99. The molecule has 20 heavy (non-hydrogen) atoms. The molecule has 0 aliphatic rings. The van der Waals surface area contributed by atoms with Gasteiger partial charge in [-0.3, -0.25) is 14.6 Å². The number of hydrogen-bond donors (Lipinski definition) is 3. The lowest BCUT2D eigenvalue weighted by atomic mass is 10.0. The number of pyridine rings is 1. The van der Waals surface area contributed by atoms with Crippen LogP contribution in [0.3, 0.4) is 0 Å². The van der Waals surface area contributed by atoms with E-state index >= 15 is 0 Å². The van der Waals surface area contributed by atoms with Crippen molar-refractivity contribution in [1.29, 1.82) is 0 Å². The topological polar surface area (TPSA) is 99.5 Å². The van der Waals surface area contributed by atoms with Crippen LogP contribution in [0, 0.1) is 0 Å². The van der Waals surface area contributed by atoms with Crippen LogP contribution in [0.25, 0.3) is 10.9 Å². The zero-order valence-electron chi connectivity index (χ0n) is 10.8. The highest BCUT2D eigenvalue weighted by molar-refractivity contribution is 5.87. The fraction of sp³-hybridized carbons (Fsp3) is 0.214. The number of hydrogen-bond acceptors (Lipinski definition) is 4. The molecule has 6 nitrogen and oxygen atoms in total. The van der Waals surface area contributed by atoms with Gasteiger partial charge >= 0.3 is 11.9 Å². The van der Waals surface area contributed by atoms with Crippen LogP contribution >= 0.6 is 0 Å². The van der Waals surface area contributed by atoms with E-state index in [1.807, 2.05) is 0 Å². The third kappa shape index (κ3) is 2.75. The van der Waals surface area contributed by atoms with Gasteiger partial charge in [-0.2, -0.15) is 0 Å². The first-order chi connectivity index (χ1) is 9.52. The number of para-hydroxylation sites is 1. The summed E-state index contributed by atoms with van der Waals surface area (Å²) in [6, 6.07) is 7.65. The van der Waals surface area contributed by atoms with Gasteiger partial charge in [-0.25, -0.2) is 0 Å². The molecule has 0 amide bonds. The first-order valence-corrected chi connectivity index (χ1v) is 6.03. The van der Waals surface area contributed by atoms with E-state index in [9.17, 15) is 9.59 Å². The summed E-state index contributed by atoms with van der Waals surface area (Å²) in [7, 11) is 1.52. The van der Waals surface area contributed by atoms with Crippen molar-refractivity contribution in [3.05, 3.63) is 41.6 Å². The van der Waals surface area contributed by atoms with Crippen molar-refractivity contribution in [1.82, 2.24) is 10.3 Å². The quantitative estimate of drug-likeness (QED) is 0.757. The molecule has 104 valence electrons. The lowest BCUT2D eigenvalue weighted by molar-refractivity contribution is -0.139. The molecule has 2 aromatic rings. The lowest BCUT2D eigenvalue weighted by Crippen LogP contribution is -2.26. The summed E-state index contributed by atoms with van der Waals surface area (Å²) in [6.07, 6.45) is -0.175. The monoisotopic (exact) mass is 274 g/mol. The fourth-order valence-corrected chi connectivity index (χ4v) is 2.13. The van der Waals surface area contributed by atoms with Crippen molar-refractivity contribution < 1.29 is 19.8 Å². The molecule has 0 saturated carbocycles. The number of fused-ring (bicyclic) bond motifs is 1. The van der Waals surface area contributed by atoms with E-state index in [2.05, 4.69) is 10.3 Å². The zero-order valence-corrected chi connectivity index (χ0v) is 10.8. The Morgan fingerprint density at radius 2 is 2.00 bits per heavy atom. The Balaban J connectivity index is 2.62. The van der Waals surface area contributed by atoms with Crippen molar-refractivity contribution in [2.24, 2.45) is 0 Å². The second-order valence-electron chi connectivity index (χ2n) is 4.35. The maximum atomic E-state index is 11.2. The molecule has 1 heterocycles. The molecule has 0 spiro atoms. The highest BCUT2D eigenvalue weighted by Gasteiger charge is 2.21. The van der Waals surface area contributed by atoms with Crippen molar-refractivity contribution in [2.45, 2.75) is 12.5 Å². The van der Waals surface area contributed by atoms with Gasteiger partial charge in [0.05, 0.1) is 17.6 Å². The van der Waals surface area contributed by atoms with Crippen molar-refractivity contribution >= 4 is 22.8 Å². The predicted octanol–water partition coefficient (Wildman–Crippen LogP) is 1.21. The van der Waals surface area contributed by atoms with Crippen LogP contribution < -0.4 is 5.32 Å². The number of carbonyl (C=O) groups is 2. The van der Waals surface area contributed by atoms with E-state index in [0.717, 1.165) is 5.39 Å². The molecule has 6 heteroatoms. The summed E-state index contributed by atoms with van der Waals surface area (Å²) in [4.78, 5) is 26.4. The van der Waals surface area contributed by atoms with E-state index in [4.69, 9.17) is 10.2 Å². The predicted molar refractivity (Wildman–Crippen MR) is 72.5 cm³/mol. The average molecular weight is 274 g/mol. The van der Waals surface area contributed by atoms with Crippen molar-refractivity contribution in [2.75, 3.05) is 7.05 Å². The Labute approximate surface area is 115 Å². The zero-order chi connectivity index (χ0) is 14.7. The second-order valence-corrected chi connectivity index (χ2v) is 4.35. The Kier molecular flexibility index (Phi) is 3.95. The normalized spacial score (nSPS) is 12.2. The number of carboxylic acids is 2. The summed E-state index contributed by atoms with van der Waals surface area (Å²) in [5, 5.41) is 21.5. The van der Waals surface area contributed by atoms with Crippen LogP contribution in [0.4, 0.5) is 0 Å². The molecule has 0 fully saturated rings. The molecule has 0 aliphatic heterocycles. The van der Waals surface area contributed by atoms with Crippen molar-refractivity contribution in [3.8, 4) is 0 Å². The smallest absolute Gasteiger partial charge is 0.326 e. The minimum absolute atomic E-state index is 0.175. The van der Waals surface area contributed by atoms with E-state index in [-0.39, 0.29) is 6.42 Å². The SMILES string of the molecule is CNC(C(=O)O)c1cc(CC(=O)O)c2ccccc2n1. The minimum atomic E-state index is -1.06. The minimum Gasteiger partial charge on any atom is -0.481 e. The molecular weight excluding hydrogens is 260 g/mol. The number of aliphatic carboxylic acids is 2. The van der Waals surface area contributed by atoms with E-state index in [1.165, 1.54) is 13.1 Å². The van der Waals surface area contributed by atoms with Crippen LogP contribution in [0.5, 0.6) is 0 Å². The molecule has 0 radical (unpaired) electrons. The van der Waals surface area contributed by atoms with Gasteiger partial charge in [-0.15, -0.1) is 0 Å². The van der Waals surface area contributed by atoms with Gasteiger partial charge in [0, 0.05) is 5.39 Å². The number of carboxylic acid groups (broad SMARTS) is 2. The van der Waals surface area contributed by atoms with Gasteiger partial charge in [0.25, 0.3) is 0 Å². The second kappa shape index (κ2) is 5.66. The van der Waals surface area contributed by atoms with E-state index in [0.29, 0.717) is 16.8 Å². The van der Waals surface area contributed by atoms with Crippen LogP contribution in [-0.4, -0.2) is 34.2 Å². The number of benzene rings is 1. The number of rotatable bonds is 5. The van der Waals surface area contributed by atoms with Crippen LogP contribution in [0.2, 0.25) is 0 Å². The third-order valence-corrected chi connectivity index (χ3v) is 2.99. The average Bonchev–Trinajstić information content (AvgIpc) is 2.38. The molecule has 3 N–H and O–H groups in total. The van der Waals surface area contributed by atoms with E-state index in [1.54, 1.807) is 24.3 Å². The standard InChI is InChI=1S/C14H14N2O4/c1-15-13(14(19)20)11-6-8(7-12(17)18)9-4-2-3-5-10(9)16-11/h2-6,13,15H,7H2,1H3,(H,17,18)(H,19,20). The molecular formula is C14H14N2O4. The highest BCUT2D eigenvalue weighted by atomic mass is 16.4. The molecule has 2 rings (SSSR count). The Hall–Kier alpha value is -2.47. The maximum Gasteiger partial charge on any atom is 0.326 e. The molecule has 1 atom stereocenters. The van der Waals surface area contributed by atoms with Crippen LogP contribution in [0.15, 0.2) is 30.3 Å². The first kappa shape index (κ1) is 14.0. The Bertz CT molecular complexity index is 669. The Morgan fingerprint density at radius 1 is 1.30 bits per heavy atom. The first-order valence-electron chi connectivity index (χ1n) is 6.03. The molecule has 1 unspecified atom stereocenters. The fourth-order valence-electron chi connectivity index (χ4n) is 2.13. The van der Waals surface area contributed by atoms with Crippen LogP contribution in [-0.2, 0) is 16.0 Å². The van der Waals surface area contributed by atoms with Gasteiger partial charge < -0.3 is 15.5 Å². The Morgan fingerprint density at radius 3 is 2.60 bits per heavy atom. The van der Waals surface area contributed by atoms with Gasteiger partial charge in [0.2, 0.25) is 0 Å². The summed E-state index contributed by atoms with van der Waals surface area (Å²) in [5.74, 6) is -2.03. The number of aromatic nitrogens is 1. The van der Waals surface area contributed by atoms with Gasteiger partial charge in [-0.05, 0) is 24.7 Å². The lowest BCUT2D eigenvalue weighted by Gasteiger charge is -2.13. The summed E-state index contributed by atoms with van der Waals surface area (Å²) in [6.45, 7) is 0. The molecule has 0 bridgehead atoms. The maximum absolute atomic E-state index is 11.2. The van der Waals surface area contributed by atoms with Crippen LogP contribution in [0.1, 0.15) is 17.3 Å². The van der Waals surface area contributed by atoms with Gasteiger partial charge in [0.1, 0.15) is 6.04 Å². The molecule has 0 saturated heterocycles. The number of nitrogens with one attached hydrogen (secondary N) is 1. The van der Waals surface area contributed by atoms with E-state index < -0.39 is 18.0 Å². The molecule has 0 aliphatic carbocycles. The molecule has 1 aromatic heterocycles. The largest absolute Gasteiger partial charge is 0.481 e. The number of nitrogens with zero attached hydrogens (tertiary/aromatic N) is 1. The van der Waals surface area contributed by atoms with Gasteiger partial charge in [0.15, 0.2) is 0 Å². The van der Waals surface area contributed by atoms with Gasteiger partial charge in [-0.1, -0.05) is 18.2 Å². The summed E-state index contributed by atoms with van der Waals surface area (Å²) < 4.78 is 0.